The first kappa shape index (κ1) is 23.4. The average Bonchev–Trinajstić information content (AvgIpc) is 3.27. The first-order valence-corrected chi connectivity index (χ1v) is 12.9. The van der Waals surface area contributed by atoms with Gasteiger partial charge in [0.2, 0.25) is 0 Å². The van der Waals surface area contributed by atoms with Crippen molar-refractivity contribution in [3.63, 3.8) is 0 Å². The molecule has 3 amide bonds. The third-order valence-corrected chi connectivity index (χ3v) is 7.65. The van der Waals surface area contributed by atoms with Crippen LogP contribution >= 0.6 is 11.3 Å². The number of anilines is 3. The number of pyridine rings is 1. The number of amides is 3. The number of urea groups is 1. The Bertz CT molecular complexity index is 1530. The fourth-order valence-corrected chi connectivity index (χ4v) is 5.83. The molecule has 4 aromatic rings. The van der Waals surface area contributed by atoms with Crippen LogP contribution in [0.1, 0.15) is 28.1 Å². The van der Waals surface area contributed by atoms with Crippen molar-refractivity contribution in [2.24, 2.45) is 0 Å². The molecule has 2 aromatic heterocycles. The lowest BCUT2D eigenvalue weighted by Gasteiger charge is -2.30. The van der Waals surface area contributed by atoms with E-state index in [9.17, 15) is 14.0 Å². The SMILES string of the molecule is Cc1cc(Oc2ccccc2F)ccc1N1C(=O)Nc2c(C(=O)NC3CCCNC3)sc3nccc1c23. The van der Waals surface area contributed by atoms with Gasteiger partial charge in [-0.2, -0.15) is 0 Å². The average molecular weight is 518 g/mol. The van der Waals surface area contributed by atoms with Crippen molar-refractivity contribution < 1.29 is 18.7 Å². The number of aromatic nitrogens is 1. The molecule has 3 N–H and O–H groups in total. The molecule has 37 heavy (non-hydrogen) atoms. The van der Waals surface area contributed by atoms with Gasteiger partial charge in [-0.1, -0.05) is 12.1 Å². The lowest BCUT2D eigenvalue weighted by Crippen LogP contribution is -2.45. The first-order chi connectivity index (χ1) is 18.0. The van der Waals surface area contributed by atoms with E-state index in [2.05, 4.69) is 20.9 Å². The molecule has 1 saturated heterocycles. The van der Waals surface area contributed by atoms with Gasteiger partial charge < -0.3 is 20.7 Å². The van der Waals surface area contributed by atoms with Crippen LogP contribution in [-0.2, 0) is 0 Å². The summed E-state index contributed by atoms with van der Waals surface area (Å²) in [5.41, 5.74) is 2.53. The summed E-state index contributed by atoms with van der Waals surface area (Å²) in [6.45, 7) is 3.54. The van der Waals surface area contributed by atoms with Gasteiger partial charge >= 0.3 is 6.03 Å². The highest BCUT2D eigenvalue weighted by Gasteiger charge is 2.33. The predicted molar refractivity (Wildman–Crippen MR) is 142 cm³/mol. The molecule has 188 valence electrons. The molecule has 2 aliphatic heterocycles. The second-order valence-electron chi connectivity index (χ2n) is 9.08. The fraction of sp³-hybridized carbons (Fsp3) is 0.222. The van der Waals surface area contributed by atoms with Crippen molar-refractivity contribution in [1.82, 2.24) is 15.6 Å². The minimum atomic E-state index is -0.455. The zero-order valence-corrected chi connectivity index (χ0v) is 20.8. The van der Waals surface area contributed by atoms with Gasteiger partial charge in [0.15, 0.2) is 11.6 Å². The van der Waals surface area contributed by atoms with Crippen LogP contribution in [0.15, 0.2) is 54.7 Å². The third-order valence-electron chi connectivity index (χ3n) is 6.56. The number of piperidine rings is 1. The Morgan fingerprint density at radius 1 is 1.22 bits per heavy atom. The summed E-state index contributed by atoms with van der Waals surface area (Å²) < 4.78 is 19.7. The number of carbonyl (C=O) groups excluding carboxylic acids is 2. The second-order valence-corrected chi connectivity index (χ2v) is 10.1. The van der Waals surface area contributed by atoms with E-state index in [4.69, 9.17) is 4.74 Å². The van der Waals surface area contributed by atoms with E-state index in [1.807, 2.05) is 6.92 Å². The summed E-state index contributed by atoms with van der Waals surface area (Å²) in [7, 11) is 0. The van der Waals surface area contributed by atoms with Gasteiger partial charge in [-0.3, -0.25) is 9.69 Å². The van der Waals surface area contributed by atoms with Crippen LogP contribution in [0, 0.1) is 12.7 Å². The molecule has 2 aliphatic rings. The van der Waals surface area contributed by atoms with E-state index in [1.165, 1.54) is 17.4 Å². The Kier molecular flexibility index (Phi) is 5.97. The topological polar surface area (TPSA) is 95.6 Å². The summed E-state index contributed by atoms with van der Waals surface area (Å²) in [6, 6.07) is 12.9. The molecule has 4 heterocycles. The highest BCUT2D eigenvalue weighted by molar-refractivity contribution is 7.21. The summed E-state index contributed by atoms with van der Waals surface area (Å²) in [5, 5.41) is 10.0. The van der Waals surface area contributed by atoms with Crippen molar-refractivity contribution in [1.29, 1.82) is 0 Å². The van der Waals surface area contributed by atoms with E-state index in [1.54, 1.807) is 53.6 Å². The van der Waals surface area contributed by atoms with Gasteiger partial charge in [-0.05, 0) is 68.3 Å². The van der Waals surface area contributed by atoms with Crippen molar-refractivity contribution in [2.45, 2.75) is 25.8 Å². The monoisotopic (exact) mass is 517 g/mol. The minimum Gasteiger partial charge on any atom is -0.454 e. The number of rotatable bonds is 5. The highest BCUT2D eigenvalue weighted by Crippen LogP contribution is 2.46. The van der Waals surface area contributed by atoms with Crippen LogP contribution in [-0.4, -0.2) is 36.1 Å². The smallest absolute Gasteiger partial charge is 0.331 e. The molecule has 0 radical (unpaired) electrons. The fourth-order valence-electron chi connectivity index (χ4n) is 4.81. The standard InChI is InChI=1S/C27H24FN5O3S/c1-15-13-17(36-21-7-3-2-6-18(21)28)8-9-19(15)33-20-10-12-30-26-22(20)23(32-27(33)35)24(37-26)25(34)31-16-5-4-11-29-14-16/h2-3,6-10,12-13,16,29H,4-5,11,14H2,1H3,(H,31,34)(H,32,35). The van der Waals surface area contributed by atoms with Gasteiger partial charge in [0.05, 0.1) is 22.4 Å². The molecular weight excluding hydrogens is 493 g/mol. The maximum absolute atomic E-state index is 14.0. The Morgan fingerprint density at radius 3 is 2.86 bits per heavy atom. The highest BCUT2D eigenvalue weighted by atomic mass is 32.1. The Morgan fingerprint density at radius 2 is 2.08 bits per heavy atom. The molecule has 0 spiro atoms. The van der Waals surface area contributed by atoms with E-state index < -0.39 is 5.82 Å². The van der Waals surface area contributed by atoms with E-state index in [-0.39, 0.29) is 23.7 Å². The number of carbonyl (C=O) groups is 2. The Hall–Kier alpha value is -4.02. The summed E-state index contributed by atoms with van der Waals surface area (Å²) in [5.74, 6) is -0.0874. The number of thiophene rings is 1. The van der Waals surface area contributed by atoms with Crippen LogP contribution < -0.4 is 25.6 Å². The predicted octanol–water partition coefficient (Wildman–Crippen LogP) is 5.70. The van der Waals surface area contributed by atoms with Crippen LogP contribution in [0.3, 0.4) is 0 Å². The second kappa shape index (κ2) is 9.45. The number of aryl methyl sites for hydroxylation is 1. The number of hydrogen-bond donors (Lipinski definition) is 3. The molecule has 1 unspecified atom stereocenters. The summed E-state index contributed by atoms with van der Waals surface area (Å²) in [6.07, 6.45) is 3.56. The number of ether oxygens (including phenoxy) is 1. The maximum Gasteiger partial charge on any atom is 0.331 e. The van der Waals surface area contributed by atoms with Gasteiger partial charge in [0, 0.05) is 18.8 Å². The summed E-state index contributed by atoms with van der Waals surface area (Å²) in [4.78, 5) is 33.7. The number of benzene rings is 2. The van der Waals surface area contributed by atoms with Gasteiger partial charge in [0.1, 0.15) is 15.5 Å². The number of nitrogens with one attached hydrogen (secondary N) is 3. The Labute approximate surface area is 216 Å². The molecule has 0 bridgehead atoms. The van der Waals surface area contributed by atoms with E-state index >= 15 is 0 Å². The van der Waals surface area contributed by atoms with Crippen molar-refractivity contribution in [3.8, 4) is 11.5 Å². The molecule has 6 rings (SSSR count). The summed E-state index contributed by atoms with van der Waals surface area (Å²) >= 11 is 1.27. The number of hydrogen-bond acceptors (Lipinski definition) is 6. The maximum atomic E-state index is 14.0. The minimum absolute atomic E-state index is 0.0506. The van der Waals surface area contributed by atoms with Crippen LogP contribution in [0.25, 0.3) is 10.2 Å². The van der Waals surface area contributed by atoms with Gasteiger partial charge in [0.25, 0.3) is 5.91 Å². The molecule has 0 saturated carbocycles. The lowest BCUT2D eigenvalue weighted by molar-refractivity contribution is 0.0935. The zero-order chi connectivity index (χ0) is 25.5. The third kappa shape index (κ3) is 4.28. The normalized spacial score (nSPS) is 17.0. The van der Waals surface area contributed by atoms with Gasteiger partial charge in [-0.15, -0.1) is 11.3 Å². The molecule has 2 aromatic carbocycles. The number of nitrogens with zero attached hydrogens (tertiary/aromatic N) is 2. The molecular formula is C27H24FN5O3S. The van der Waals surface area contributed by atoms with Gasteiger partial charge in [-0.25, -0.2) is 14.2 Å². The van der Waals surface area contributed by atoms with Crippen LogP contribution in [0.4, 0.5) is 26.2 Å². The van der Waals surface area contributed by atoms with Crippen LogP contribution in [0.5, 0.6) is 11.5 Å². The van der Waals surface area contributed by atoms with Crippen molar-refractivity contribution >= 4 is 50.6 Å². The number of halogens is 1. The first-order valence-electron chi connectivity index (χ1n) is 12.1. The molecule has 8 nitrogen and oxygen atoms in total. The molecule has 0 aliphatic carbocycles. The lowest BCUT2D eigenvalue weighted by atomic mass is 10.1. The van der Waals surface area contributed by atoms with Crippen LogP contribution in [0.2, 0.25) is 0 Å². The van der Waals surface area contributed by atoms with E-state index in [0.717, 1.165) is 36.9 Å². The molecule has 1 fully saturated rings. The van der Waals surface area contributed by atoms with Crippen molar-refractivity contribution in [3.05, 3.63) is 71.0 Å². The quantitative estimate of drug-likeness (QED) is 0.316. The van der Waals surface area contributed by atoms with Crippen molar-refractivity contribution in [2.75, 3.05) is 23.3 Å². The molecule has 1 atom stereocenters. The number of para-hydroxylation sites is 1. The Balaban J connectivity index is 1.34. The molecule has 10 heteroatoms. The largest absolute Gasteiger partial charge is 0.454 e. The zero-order valence-electron chi connectivity index (χ0n) is 20.0. The van der Waals surface area contributed by atoms with E-state index in [0.29, 0.717) is 32.5 Å².